The van der Waals surface area contributed by atoms with Crippen LogP contribution in [-0.2, 0) is 0 Å². The van der Waals surface area contributed by atoms with Crippen LogP contribution in [0.2, 0.25) is 0 Å². The topological polar surface area (TPSA) is 48.7 Å². The lowest BCUT2D eigenvalue weighted by atomic mass is 10.1. The molecule has 1 heterocycles. The molecule has 1 N–H and O–H groups in total. The lowest BCUT2D eigenvalue weighted by molar-refractivity contribution is 0.614. The van der Waals surface area contributed by atoms with Gasteiger partial charge in [0.15, 0.2) is 0 Å². The molecular weight excluding hydrogens is 321 g/mol. The molecule has 0 amide bonds. The van der Waals surface area contributed by atoms with Crippen molar-refractivity contribution in [2.75, 3.05) is 5.32 Å². The SMILES string of the molecule is CCC(Nc1ccc(C#N)cc1Br)c1ccc(F)cn1. The largest absolute Gasteiger partial charge is 0.376 e. The Morgan fingerprint density at radius 3 is 2.75 bits per heavy atom. The summed E-state index contributed by atoms with van der Waals surface area (Å²) in [5, 5.41) is 12.2. The van der Waals surface area contributed by atoms with Crippen molar-refractivity contribution in [3.05, 3.63) is 58.1 Å². The van der Waals surface area contributed by atoms with Crippen LogP contribution in [-0.4, -0.2) is 4.98 Å². The third-order valence-electron chi connectivity index (χ3n) is 2.94. The van der Waals surface area contributed by atoms with Crippen LogP contribution in [0.3, 0.4) is 0 Å². The minimum absolute atomic E-state index is 0.0140. The van der Waals surface area contributed by atoms with E-state index in [0.29, 0.717) is 5.56 Å². The molecule has 102 valence electrons. The Bertz CT molecular complexity index is 635. The van der Waals surface area contributed by atoms with Crippen molar-refractivity contribution in [2.45, 2.75) is 19.4 Å². The van der Waals surface area contributed by atoms with Gasteiger partial charge in [-0.25, -0.2) is 4.39 Å². The Hall–Kier alpha value is -1.93. The Labute approximate surface area is 125 Å². The third-order valence-corrected chi connectivity index (χ3v) is 3.60. The van der Waals surface area contributed by atoms with Gasteiger partial charge in [0.25, 0.3) is 0 Å². The van der Waals surface area contributed by atoms with Crippen LogP contribution in [0.1, 0.15) is 30.6 Å². The number of anilines is 1. The summed E-state index contributed by atoms with van der Waals surface area (Å²) in [6.45, 7) is 2.03. The molecule has 2 aromatic rings. The number of nitrogens with zero attached hydrogens (tertiary/aromatic N) is 2. The Kier molecular flexibility index (Phi) is 4.70. The van der Waals surface area contributed by atoms with Crippen molar-refractivity contribution in [3.8, 4) is 6.07 Å². The van der Waals surface area contributed by atoms with Crippen molar-refractivity contribution in [2.24, 2.45) is 0 Å². The van der Waals surface area contributed by atoms with Gasteiger partial charge in [-0.15, -0.1) is 0 Å². The molecule has 3 nitrogen and oxygen atoms in total. The van der Waals surface area contributed by atoms with Crippen molar-refractivity contribution in [3.63, 3.8) is 0 Å². The van der Waals surface area contributed by atoms with E-state index in [1.165, 1.54) is 12.3 Å². The summed E-state index contributed by atoms with van der Waals surface area (Å²) in [5.41, 5.74) is 2.25. The smallest absolute Gasteiger partial charge is 0.141 e. The Morgan fingerprint density at radius 2 is 2.20 bits per heavy atom. The summed E-state index contributed by atoms with van der Waals surface area (Å²) in [6.07, 6.45) is 2.03. The lowest BCUT2D eigenvalue weighted by Gasteiger charge is -2.19. The zero-order valence-corrected chi connectivity index (χ0v) is 12.5. The maximum Gasteiger partial charge on any atom is 0.141 e. The molecule has 1 aromatic heterocycles. The van der Waals surface area contributed by atoms with Crippen LogP contribution >= 0.6 is 15.9 Å². The van der Waals surface area contributed by atoms with E-state index in [-0.39, 0.29) is 11.9 Å². The summed E-state index contributed by atoms with van der Waals surface area (Å²) in [4.78, 5) is 4.10. The van der Waals surface area contributed by atoms with E-state index >= 15 is 0 Å². The van der Waals surface area contributed by atoms with E-state index in [9.17, 15) is 4.39 Å². The van der Waals surface area contributed by atoms with Crippen LogP contribution in [0, 0.1) is 17.1 Å². The maximum atomic E-state index is 12.9. The Balaban J connectivity index is 2.22. The van der Waals surface area contributed by atoms with Gasteiger partial charge >= 0.3 is 0 Å². The van der Waals surface area contributed by atoms with Crippen LogP contribution in [0.4, 0.5) is 10.1 Å². The number of nitrogens with one attached hydrogen (secondary N) is 1. The highest BCUT2D eigenvalue weighted by atomic mass is 79.9. The van der Waals surface area contributed by atoms with E-state index in [4.69, 9.17) is 5.26 Å². The van der Waals surface area contributed by atoms with E-state index in [0.717, 1.165) is 22.3 Å². The number of aromatic nitrogens is 1. The van der Waals surface area contributed by atoms with Crippen LogP contribution in [0.5, 0.6) is 0 Å². The molecule has 0 fully saturated rings. The molecule has 0 radical (unpaired) electrons. The second-order valence-electron chi connectivity index (χ2n) is 4.31. The zero-order valence-electron chi connectivity index (χ0n) is 10.9. The number of hydrogen-bond acceptors (Lipinski definition) is 3. The second-order valence-corrected chi connectivity index (χ2v) is 5.17. The van der Waals surface area contributed by atoms with Gasteiger partial charge in [0.2, 0.25) is 0 Å². The molecule has 2 rings (SSSR count). The molecular formula is C15H13BrFN3. The molecule has 0 aliphatic heterocycles. The molecule has 1 atom stereocenters. The van der Waals surface area contributed by atoms with Gasteiger partial charge in [-0.05, 0) is 52.7 Å². The minimum atomic E-state index is -0.344. The van der Waals surface area contributed by atoms with Crippen molar-refractivity contribution >= 4 is 21.6 Å². The molecule has 0 saturated carbocycles. The summed E-state index contributed by atoms with van der Waals surface area (Å²) in [6, 6.07) is 10.5. The quantitative estimate of drug-likeness (QED) is 0.900. The first kappa shape index (κ1) is 14.5. The van der Waals surface area contributed by atoms with Crippen molar-refractivity contribution < 1.29 is 4.39 Å². The monoisotopic (exact) mass is 333 g/mol. The fourth-order valence-electron chi connectivity index (χ4n) is 1.87. The lowest BCUT2D eigenvalue weighted by Crippen LogP contribution is -2.11. The first-order valence-corrected chi connectivity index (χ1v) is 7.01. The van der Waals surface area contributed by atoms with Gasteiger partial charge in [0, 0.05) is 10.2 Å². The zero-order chi connectivity index (χ0) is 14.5. The average Bonchev–Trinajstić information content (AvgIpc) is 2.47. The number of halogens is 2. The maximum absolute atomic E-state index is 12.9. The van der Waals surface area contributed by atoms with Crippen LogP contribution in [0.25, 0.3) is 0 Å². The standard InChI is InChI=1S/C15H13BrFN3/c1-2-13(15-6-4-11(17)9-19-15)20-14-5-3-10(8-18)7-12(14)16/h3-7,9,13,20H,2H2,1H3. The van der Waals surface area contributed by atoms with Gasteiger partial charge in [-0.1, -0.05) is 6.92 Å². The van der Waals surface area contributed by atoms with Gasteiger partial charge in [-0.2, -0.15) is 5.26 Å². The first-order valence-electron chi connectivity index (χ1n) is 6.21. The van der Waals surface area contributed by atoms with Gasteiger partial charge in [0.05, 0.1) is 29.6 Å². The third kappa shape index (κ3) is 3.34. The number of pyridine rings is 1. The second kappa shape index (κ2) is 6.49. The molecule has 0 aliphatic rings. The van der Waals surface area contributed by atoms with E-state index in [2.05, 4.69) is 32.3 Å². The predicted octanol–water partition coefficient (Wildman–Crippen LogP) is 4.42. The molecule has 0 spiro atoms. The summed E-state index contributed by atoms with van der Waals surface area (Å²) < 4.78 is 13.7. The molecule has 0 bridgehead atoms. The van der Waals surface area contributed by atoms with Gasteiger partial charge in [-0.3, -0.25) is 4.98 Å². The van der Waals surface area contributed by atoms with E-state index in [1.807, 2.05) is 13.0 Å². The van der Waals surface area contributed by atoms with Crippen molar-refractivity contribution in [1.29, 1.82) is 5.26 Å². The van der Waals surface area contributed by atoms with Gasteiger partial charge in [0.1, 0.15) is 5.82 Å². The fraction of sp³-hybridized carbons (Fsp3) is 0.200. The summed E-state index contributed by atoms with van der Waals surface area (Å²) in [7, 11) is 0. The molecule has 0 saturated heterocycles. The highest BCUT2D eigenvalue weighted by molar-refractivity contribution is 9.10. The highest BCUT2D eigenvalue weighted by Gasteiger charge is 2.12. The Morgan fingerprint density at radius 1 is 1.40 bits per heavy atom. The fourth-order valence-corrected chi connectivity index (χ4v) is 2.36. The molecule has 1 unspecified atom stereocenters. The first-order chi connectivity index (χ1) is 9.63. The van der Waals surface area contributed by atoms with Crippen LogP contribution in [0.15, 0.2) is 41.0 Å². The molecule has 20 heavy (non-hydrogen) atoms. The highest BCUT2D eigenvalue weighted by Crippen LogP contribution is 2.28. The predicted molar refractivity (Wildman–Crippen MR) is 79.7 cm³/mol. The molecule has 0 aliphatic carbocycles. The summed E-state index contributed by atoms with van der Waals surface area (Å²) >= 11 is 3.44. The molecule has 1 aromatic carbocycles. The van der Waals surface area contributed by atoms with Crippen LogP contribution < -0.4 is 5.32 Å². The normalized spacial score (nSPS) is 11.7. The van der Waals surface area contributed by atoms with E-state index < -0.39 is 0 Å². The number of rotatable bonds is 4. The number of nitriles is 1. The van der Waals surface area contributed by atoms with Crippen molar-refractivity contribution in [1.82, 2.24) is 4.98 Å². The molecule has 5 heteroatoms. The number of hydrogen-bond donors (Lipinski definition) is 1. The average molecular weight is 334 g/mol. The number of benzene rings is 1. The summed E-state index contributed by atoms with van der Waals surface area (Å²) in [5.74, 6) is -0.344. The minimum Gasteiger partial charge on any atom is -0.376 e. The van der Waals surface area contributed by atoms with E-state index in [1.54, 1.807) is 18.2 Å². The van der Waals surface area contributed by atoms with Gasteiger partial charge < -0.3 is 5.32 Å².